The van der Waals surface area contributed by atoms with Crippen LogP contribution in [0.3, 0.4) is 0 Å². The minimum absolute atomic E-state index is 0.109. The number of nitriles is 1. The summed E-state index contributed by atoms with van der Waals surface area (Å²) in [5.74, 6) is 0. The molecule has 18 heavy (non-hydrogen) atoms. The third kappa shape index (κ3) is 2.38. The summed E-state index contributed by atoms with van der Waals surface area (Å²) < 4.78 is 2.95. The van der Waals surface area contributed by atoms with E-state index in [4.69, 9.17) is 5.26 Å². The van der Waals surface area contributed by atoms with Gasteiger partial charge in [0.1, 0.15) is 11.6 Å². The Morgan fingerprint density at radius 3 is 2.44 bits per heavy atom. The van der Waals surface area contributed by atoms with Gasteiger partial charge in [-0.1, -0.05) is 6.07 Å². The quantitative estimate of drug-likeness (QED) is 0.789. The summed E-state index contributed by atoms with van der Waals surface area (Å²) in [6, 6.07) is 9.86. The van der Waals surface area contributed by atoms with Gasteiger partial charge in [-0.25, -0.2) is 0 Å². The molecular formula is C13H11N3O2. The SMILES string of the molecule is N#Cc1cccn(CCn2ccccc2=O)c1=O. The second-order valence-corrected chi connectivity index (χ2v) is 3.76. The van der Waals surface area contributed by atoms with Crippen LogP contribution < -0.4 is 11.1 Å². The van der Waals surface area contributed by atoms with Crippen LogP contribution in [0, 0.1) is 11.3 Å². The van der Waals surface area contributed by atoms with Gasteiger partial charge in [-0.3, -0.25) is 9.59 Å². The largest absolute Gasteiger partial charge is 0.314 e. The van der Waals surface area contributed by atoms with Crippen molar-refractivity contribution in [2.24, 2.45) is 0 Å². The van der Waals surface area contributed by atoms with E-state index in [0.717, 1.165) is 0 Å². The highest BCUT2D eigenvalue weighted by molar-refractivity contribution is 5.24. The van der Waals surface area contributed by atoms with Gasteiger partial charge in [0.05, 0.1) is 0 Å². The van der Waals surface area contributed by atoms with Gasteiger partial charge in [-0.2, -0.15) is 5.26 Å². The van der Waals surface area contributed by atoms with E-state index in [1.807, 2.05) is 6.07 Å². The zero-order valence-corrected chi connectivity index (χ0v) is 9.61. The van der Waals surface area contributed by atoms with Crippen molar-refractivity contribution >= 4 is 0 Å². The van der Waals surface area contributed by atoms with Gasteiger partial charge in [0.2, 0.25) is 0 Å². The van der Waals surface area contributed by atoms with Crippen molar-refractivity contribution in [1.82, 2.24) is 9.13 Å². The number of pyridine rings is 2. The van der Waals surface area contributed by atoms with E-state index in [9.17, 15) is 9.59 Å². The molecule has 0 bridgehead atoms. The Labute approximate surface area is 103 Å². The maximum absolute atomic E-state index is 11.8. The van der Waals surface area contributed by atoms with Crippen LogP contribution in [0.1, 0.15) is 5.56 Å². The van der Waals surface area contributed by atoms with E-state index in [2.05, 4.69) is 0 Å². The Kier molecular flexibility index (Phi) is 3.39. The molecule has 2 aromatic rings. The molecule has 0 aliphatic rings. The number of hydrogen-bond donors (Lipinski definition) is 0. The Morgan fingerprint density at radius 1 is 1.00 bits per heavy atom. The van der Waals surface area contributed by atoms with E-state index < -0.39 is 0 Å². The minimum atomic E-state index is -0.330. The van der Waals surface area contributed by atoms with Gasteiger partial charge < -0.3 is 9.13 Å². The zero-order chi connectivity index (χ0) is 13.0. The fraction of sp³-hybridized carbons (Fsp3) is 0.154. The smallest absolute Gasteiger partial charge is 0.268 e. The zero-order valence-electron chi connectivity index (χ0n) is 9.61. The first-order valence-corrected chi connectivity index (χ1v) is 5.47. The second kappa shape index (κ2) is 5.15. The number of rotatable bonds is 3. The van der Waals surface area contributed by atoms with Crippen LogP contribution >= 0.6 is 0 Å². The molecule has 0 fully saturated rings. The molecule has 0 N–H and O–H groups in total. The molecule has 0 aromatic carbocycles. The molecule has 0 atom stereocenters. The van der Waals surface area contributed by atoms with Gasteiger partial charge >= 0.3 is 0 Å². The fourth-order valence-electron chi connectivity index (χ4n) is 1.66. The summed E-state index contributed by atoms with van der Waals surface area (Å²) in [5, 5.41) is 8.75. The molecule has 2 rings (SSSR count). The highest BCUT2D eigenvalue weighted by Gasteiger charge is 2.02. The first-order chi connectivity index (χ1) is 8.72. The van der Waals surface area contributed by atoms with E-state index in [-0.39, 0.29) is 16.7 Å². The van der Waals surface area contributed by atoms with Crippen LogP contribution in [0.5, 0.6) is 0 Å². The van der Waals surface area contributed by atoms with Crippen LogP contribution in [0.25, 0.3) is 0 Å². The van der Waals surface area contributed by atoms with Gasteiger partial charge in [-0.05, 0) is 18.2 Å². The summed E-state index contributed by atoms with van der Waals surface area (Å²) >= 11 is 0. The van der Waals surface area contributed by atoms with Crippen molar-refractivity contribution in [2.75, 3.05) is 0 Å². The summed E-state index contributed by atoms with van der Waals surface area (Å²) in [5.41, 5.74) is -0.330. The monoisotopic (exact) mass is 241 g/mol. The average molecular weight is 241 g/mol. The van der Waals surface area contributed by atoms with Gasteiger partial charge in [0.15, 0.2) is 0 Å². The van der Waals surface area contributed by atoms with Crippen molar-refractivity contribution < 1.29 is 0 Å². The standard InChI is InChI=1S/C13H11N3O2/c14-10-11-4-3-7-16(13(11)18)9-8-15-6-2-1-5-12(15)17/h1-7H,8-9H2. The molecule has 0 spiro atoms. The molecule has 2 heterocycles. The molecule has 5 nitrogen and oxygen atoms in total. The molecular weight excluding hydrogens is 230 g/mol. The number of hydrogen-bond acceptors (Lipinski definition) is 3. The third-order valence-corrected chi connectivity index (χ3v) is 2.62. The molecule has 0 aliphatic carbocycles. The maximum Gasteiger partial charge on any atom is 0.268 e. The lowest BCUT2D eigenvalue weighted by Crippen LogP contribution is -2.26. The molecule has 0 amide bonds. The summed E-state index contributed by atoms with van der Waals surface area (Å²) in [6.45, 7) is 0.757. The highest BCUT2D eigenvalue weighted by Crippen LogP contribution is 1.91. The normalized spacial score (nSPS) is 9.94. The Morgan fingerprint density at radius 2 is 1.72 bits per heavy atom. The molecule has 2 aromatic heterocycles. The average Bonchev–Trinajstić information content (AvgIpc) is 2.39. The van der Waals surface area contributed by atoms with E-state index in [1.54, 1.807) is 30.6 Å². The first kappa shape index (κ1) is 11.9. The van der Waals surface area contributed by atoms with E-state index >= 15 is 0 Å². The predicted octanol–water partition coefficient (Wildman–Crippen LogP) is 0.582. The van der Waals surface area contributed by atoms with Crippen molar-refractivity contribution in [3.05, 3.63) is 69.0 Å². The molecule has 5 heteroatoms. The van der Waals surface area contributed by atoms with E-state index in [1.165, 1.54) is 21.3 Å². The highest BCUT2D eigenvalue weighted by atomic mass is 16.1. The molecule has 0 unspecified atom stereocenters. The van der Waals surface area contributed by atoms with Crippen LogP contribution in [0.4, 0.5) is 0 Å². The van der Waals surface area contributed by atoms with Crippen LogP contribution in [-0.2, 0) is 13.1 Å². The topological polar surface area (TPSA) is 67.8 Å². The fourth-order valence-corrected chi connectivity index (χ4v) is 1.66. The third-order valence-electron chi connectivity index (χ3n) is 2.62. The number of aromatic nitrogens is 2. The Bertz CT molecular complexity index is 707. The van der Waals surface area contributed by atoms with Gasteiger partial charge in [-0.15, -0.1) is 0 Å². The second-order valence-electron chi connectivity index (χ2n) is 3.76. The lowest BCUT2D eigenvalue weighted by Gasteiger charge is -2.07. The Hall–Kier alpha value is -2.61. The van der Waals surface area contributed by atoms with Crippen LogP contribution in [-0.4, -0.2) is 9.13 Å². The maximum atomic E-state index is 11.8. The van der Waals surface area contributed by atoms with Crippen molar-refractivity contribution in [3.63, 3.8) is 0 Å². The van der Waals surface area contributed by atoms with Gasteiger partial charge in [0.25, 0.3) is 11.1 Å². The van der Waals surface area contributed by atoms with Gasteiger partial charge in [0, 0.05) is 31.5 Å². The van der Waals surface area contributed by atoms with Crippen molar-refractivity contribution in [1.29, 1.82) is 5.26 Å². The van der Waals surface area contributed by atoms with E-state index in [0.29, 0.717) is 13.1 Å². The molecule has 0 saturated heterocycles. The molecule has 90 valence electrons. The van der Waals surface area contributed by atoms with Crippen LogP contribution in [0.2, 0.25) is 0 Å². The summed E-state index contributed by atoms with van der Waals surface area (Å²) in [4.78, 5) is 23.2. The number of nitrogens with zero attached hydrogens (tertiary/aromatic N) is 3. The number of aryl methyl sites for hydroxylation is 2. The molecule has 0 aliphatic heterocycles. The summed E-state index contributed by atoms with van der Waals surface area (Å²) in [7, 11) is 0. The lowest BCUT2D eigenvalue weighted by molar-refractivity contribution is 0.552. The summed E-state index contributed by atoms with van der Waals surface area (Å²) in [6.07, 6.45) is 3.28. The molecule has 0 saturated carbocycles. The minimum Gasteiger partial charge on any atom is -0.314 e. The first-order valence-electron chi connectivity index (χ1n) is 5.47. The van der Waals surface area contributed by atoms with Crippen LogP contribution in [0.15, 0.2) is 52.3 Å². The van der Waals surface area contributed by atoms with Crippen molar-refractivity contribution in [2.45, 2.75) is 13.1 Å². The Balaban J connectivity index is 2.22. The van der Waals surface area contributed by atoms with Crippen molar-refractivity contribution in [3.8, 4) is 6.07 Å². The predicted molar refractivity (Wildman–Crippen MR) is 66.1 cm³/mol. The molecule has 0 radical (unpaired) electrons. The lowest BCUT2D eigenvalue weighted by atomic mass is 10.3.